The Kier molecular flexibility index (Phi) is 9.51. The molecule has 2 amide bonds. The monoisotopic (exact) mass is 441 g/mol. The third-order valence-corrected chi connectivity index (χ3v) is 4.29. The number of hydrogen-bond acceptors (Lipinski definition) is 5. The van der Waals surface area contributed by atoms with Crippen molar-refractivity contribution < 1.29 is 19.1 Å². The first-order chi connectivity index (χ1) is 14.9. The second-order valence-electron chi connectivity index (χ2n) is 6.84. The first kappa shape index (κ1) is 23.9. The number of ether oxygens (including phenoxy) is 2. The summed E-state index contributed by atoms with van der Waals surface area (Å²) in [4.78, 5) is 23.8. The van der Waals surface area contributed by atoms with E-state index in [1.165, 1.54) is 11.6 Å². The SMILES string of the molecule is CCOc1ccc(/C=C/C(=O)NC(=S)NNC(=O)COc2ccc(C(C)C)cc2)cc1. The van der Waals surface area contributed by atoms with Gasteiger partial charge in [0, 0.05) is 6.08 Å². The molecule has 31 heavy (non-hydrogen) atoms. The van der Waals surface area contributed by atoms with Crippen LogP contribution in [0.1, 0.15) is 37.8 Å². The summed E-state index contributed by atoms with van der Waals surface area (Å²) in [6.07, 6.45) is 2.99. The van der Waals surface area contributed by atoms with Gasteiger partial charge in [-0.1, -0.05) is 38.1 Å². The zero-order valence-electron chi connectivity index (χ0n) is 17.8. The number of carbonyl (C=O) groups is 2. The van der Waals surface area contributed by atoms with Crippen molar-refractivity contribution in [1.82, 2.24) is 16.2 Å². The molecular formula is C23H27N3O4S. The minimum Gasteiger partial charge on any atom is -0.494 e. The molecule has 2 aromatic rings. The van der Waals surface area contributed by atoms with E-state index in [4.69, 9.17) is 21.7 Å². The second kappa shape index (κ2) is 12.3. The average Bonchev–Trinajstić information content (AvgIpc) is 2.76. The van der Waals surface area contributed by atoms with E-state index in [9.17, 15) is 9.59 Å². The van der Waals surface area contributed by atoms with Crippen molar-refractivity contribution in [2.45, 2.75) is 26.7 Å². The molecule has 3 N–H and O–H groups in total. The van der Waals surface area contributed by atoms with Crippen molar-refractivity contribution in [2.75, 3.05) is 13.2 Å². The Labute approximate surface area is 187 Å². The molecule has 7 nitrogen and oxygen atoms in total. The van der Waals surface area contributed by atoms with Crippen molar-refractivity contribution in [1.29, 1.82) is 0 Å². The lowest BCUT2D eigenvalue weighted by Crippen LogP contribution is -2.49. The molecule has 8 heteroatoms. The van der Waals surface area contributed by atoms with Crippen molar-refractivity contribution >= 4 is 35.2 Å². The molecule has 0 aliphatic heterocycles. The van der Waals surface area contributed by atoms with Crippen molar-refractivity contribution in [3.8, 4) is 11.5 Å². The van der Waals surface area contributed by atoms with Crippen LogP contribution in [0.15, 0.2) is 54.6 Å². The zero-order chi connectivity index (χ0) is 22.6. The Morgan fingerprint density at radius 2 is 1.58 bits per heavy atom. The number of hydrazine groups is 1. The minimum absolute atomic E-state index is 0.0315. The van der Waals surface area contributed by atoms with Crippen LogP contribution in [0.3, 0.4) is 0 Å². The first-order valence-corrected chi connectivity index (χ1v) is 10.3. The largest absolute Gasteiger partial charge is 0.494 e. The fourth-order valence-electron chi connectivity index (χ4n) is 2.46. The van der Waals surface area contributed by atoms with Gasteiger partial charge in [0.05, 0.1) is 6.61 Å². The van der Waals surface area contributed by atoms with Crippen molar-refractivity contribution in [3.05, 3.63) is 65.7 Å². The van der Waals surface area contributed by atoms with E-state index in [0.717, 1.165) is 11.3 Å². The molecule has 164 valence electrons. The van der Waals surface area contributed by atoms with Gasteiger partial charge in [-0.15, -0.1) is 0 Å². The Morgan fingerprint density at radius 1 is 0.968 bits per heavy atom. The highest BCUT2D eigenvalue weighted by molar-refractivity contribution is 7.80. The number of benzene rings is 2. The van der Waals surface area contributed by atoms with Gasteiger partial charge in [-0.3, -0.25) is 25.8 Å². The Bertz CT molecular complexity index is 909. The normalized spacial score (nSPS) is 10.6. The van der Waals surface area contributed by atoms with E-state index in [0.29, 0.717) is 18.3 Å². The Hall–Kier alpha value is -3.39. The Balaban J connectivity index is 1.69. The van der Waals surface area contributed by atoms with Crippen LogP contribution in [0.4, 0.5) is 0 Å². The lowest BCUT2D eigenvalue weighted by molar-refractivity contribution is -0.123. The van der Waals surface area contributed by atoms with Crippen LogP contribution in [0.25, 0.3) is 6.08 Å². The predicted octanol–water partition coefficient (Wildman–Crippen LogP) is 3.32. The van der Waals surface area contributed by atoms with E-state index in [2.05, 4.69) is 30.0 Å². The summed E-state index contributed by atoms with van der Waals surface area (Å²) >= 11 is 4.99. The molecule has 0 aromatic heterocycles. The molecule has 0 atom stereocenters. The zero-order valence-corrected chi connectivity index (χ0v) is 18.6. The number of thiocarbonyl (C=S) groups is 1. The standard InChI is InChI=1S/C23H27N3O4S/c1-4-29-19-10-5-17(6-11-19)7-14-21(27)24-23(31)26-25-22(28)15-30-20-12-8-18(9-13-20)16(2)3/h5-14,16H,4,15H2,1-3H3,(H,25,28)(H2,24,26,27,31)/b14-7+. The van der Waals surface area contributed by atoms with E-state index in [-0.39, 0.29) is 11.7 Å². The molecule has 2 aromatic carbocycles. The van der Waals surface area contributed by atoms with Crippen LogP contribution in [-0.4, -0.2) is 30.1 Å². The maximum atomic E-state index is 11.9. The predicted molar refractivity (Wildman–Crippen MR) is 125 cm³/mol. The molecule has 0 spiro atoms. The molecule has 0 saturated carbocycles. The highest BCUT2D eigenvalue weighted by Gasteiger charge is 2.06. The summed E-state index contributed by atoms with van der Waals surface area (Å²) < 4.78 is 10.8. The van der Waals surface area contributed by atoms with E-state index < -0.39 is 11.8 Å². The lowest BCUT2D eigenvalue weighted by atomic mass is 10.0. The van der Waals surface area contributed by atoms with Gasteiger partial charge in [-0.25, -0.2) is 0 Å². The van der Waals surface area contributed by atoms with E-state index >= 15 is 0 Å². The third kappa shape index (κ3) is 8.88. The average molecular weight is 442 g/mol. The van der Waals surface area contributed by atoms with Crippen LogP contribution in [-0.2, 0) is 9.59 Å². The summed E-state index contributed by atoms with van der Waals surface area (Å²) in [5, 5.41) is 2.41. The van der Waals surface area contributed by atoms with Crippen molar-refractivity contribution in [3.63, 3.8) is 0 Å². The van der Waals surface area contributed by atoms with Crippen molar-refractivity contribution in [2.24, 2.45) is 0 Å². The highest BCUT2D eigenvalue weighted by atomic mass is 32.1. The summed E-state index contributed by atoms with van der Waals surface area (Å²) in [5.74, 6) is 0.918. The van der Waals surface area contributed by atoms with Crippen LogP contribution in [0, 0.1) is 0 Å². The molecule has 0 radical (unpaired) electrons. The number of rotatable bonds is 8. The van der Waals surface area contributed by atoms with Crippen LogP contribution in [0.5, 0.6) is 11.5 Å². The van der Waals surface area contributed by atoms with Gasteiger partial charge < -0.3 is 9.47 Å². The van der Waals surface area contributed by atoms with Crippen LogP contribution in [0.2, 0.25) is 0 Å². The third-order valence-electron chi connectivity index (χ3n) is 4.09. The number of hydrogen-bond donors (Lipinski definition) is 3. The number of carbonyl (C=O) groups excluding carboxylic acids is 2. The molecule has 2 rings (SSSR count). The number of nitrogens with one attached hydrogen (secondary N) is 3. The van der Waals surface area contributed by atoms with Crippen LogP contribution < -0.4 is 25.6 Å². The molecule has 0 heterocycles. The molecule has 0 aliphatic carbocycles. The smallest absolute Gasteiger partial charge is 0.276 e. The summed E-state index contributed by atoms with van der Waals surface area (Å²) in [6.45, 7) is 6.52. The second-order valence-corrected chi connectivity index (χ2v) is 7.25. The molecule has 0 aliphatic rings. The number of amides is 2. The van der Waals surface area contributed by atoms with E-state index in [1.54, 1.807) is 6.08 Å². The maximum Gasteiger partial charge on any atom is 0.276 e. The minimum atomic E-state index is -0.436. The van der Waals surface area contributed by atoms with Gasteiger partial charge in [-0.05, 0) is 66.5 Å². The molecule has 0 unspecified atom stereocenters. The van der Waals surface area contributed by atoms with Gasteiger partial charge in [0.2, 0.25) is 5.91 Å². The molecular weight excluding hydrogens is 414 g/mol. The van der Waals surface area contributed by atoms with Gasteiger partial charge in [0.25, 0.3) is 5.91 Å². The summed E-state index contributed by atoms with van der Waals surface area (Å²) in [5.41, 5.74) is 6.86. The van der Waals surface area contributed by atoms with Gasteiger partial charge in [0.1, 0.15) is 11.5 Å². The van der Waals surface area contributed by atoms with Crippen LogP contribution >= 0.6 is 12.2 Å². The highest BCUT2D eigenvalue weighted by Crippen LogP contribution is 2.18. The molecule has 0 saturated heterocycles. The molecule has 0 fully saturated rings. The molecule has 0 bridgehead atoms. The van der Waals surface area contributed by atoms with Gasteiger partial charge in [0.15, 0.2) is 11.7 Å². The first-order valence-electron chi connectivity index (χ1n) is 9.91. The topological polar surface area (TPSA) is 88.7 Å². The summed E-state index contributed by atoms with van der Waals surface area (Å²) in [6, 6.07) is 14.9. The van der Waals surface area contributed by atoms with Gasteiger partial charge >= 0.3 is 0 Å². The fraction of sp³-hybridized carbons (Fsp3) is 0.261. The fourth-order valence-corrected chi connectivity index (χ4v) is 2.61. The quantitative estimate of drug-likeness (QED) is 0.331. The Morgan fingerprint density at radius 3 is 2.19 bits per heavy atom. The maximum absolute atomic E-state index is 11.9. The lowest BCUT2D eigenvalue weighted by Gasteiger charge is -2.11. The summed E-state index contributed by atoms with van der Waals surface area (Å²) in [7, 11) is 0. The van der Waals surface area contributed by atoms with E-state index in [1.807, 2.05) is 55.5 Å². The van der Waals surface area contributed by atoms with Gasteiger partial charge in [-0.2, -0.15) is 0 Å².